The van der Waals surface area contributed by atoms with E-state index in [1.54, 1.807) is 0 Å². The van der Waals surface area contributed by atoms with Crippen molar-refractivity contribution in [1.29, 1.82) is 0 Å². The molecule has 0 aromatic heterocycles. The SMILES string of the molecule is CCl.O=P(O)(O)O.O=P(O)(O)O.[NaH].[NaH]. The molecule has 0 atom stereocenters. The van der Waals surface area contributed by atoms with Gasteiger partial charge in [0.05, 0.1) is 0 Å². The van der Waals surface area contributed by atoms with Crippen LogP contribution >= 0.6 is 27.2 Å². The molecule has 6 N–H and O–H groups in total. The number of hydrogen-bond acceptors (Lipinski definition) is 2. The first-order valence-electron chi connectivity index (χ1n) is 1.94. The van der Waals surface area contributed by atoms with Gasteiger partial charge in [-0.1, -0.05) is 0 Å². The third-order valence-corrected chi connectivity index (χ3v) is 0. The van der Waals surface area contributed by atoms with E-state index in [1.165, 1.54) is 6.38 Å². The predicted octanol–water partition coefficient (Wildman–Crippen LogP) is -2.30. The Kier molecular flexibility index (Phi) is 33.2. The van der Waals surface area contributed by atoms with Crippen molar-refractivity contribution in [2.24, 2.45) is 0 Å². The summed E-state index contributed by atoms with van der Waals surface area (Å²) in [5.74, 6) is 0. The van der Waals surface area contributed by atoms with Crippen LogP contribution in [-0.2, 0) is 9.13 Å². The van der Waals surface area contributed by atoms with Crippen molar-refractivity contribution in [3.63, 3.8) is 0 Å². The first kappa shape index (κ1) is 30.0. The molecular weight excluding hydrogens is 283 g/mol. The molecule has 0 fully saturated rings. The zero-order valence-electron chi connectivity index (χ0n) is 5.77. The van der Waals surface area contributed by atoms with Gasteiger partial charge >= 0.3 is 74.8 Å². The van der Waals surface area contributed by atoms with Crippen LogP contribution in [0, 0.1) is 0 Å². The molecule has 0 aliphatic heterocycles. The fourth-order valence-electron chi connectivity index (χ4n) is 0. The van der Waals surface area contributed by atoms with Gasteiger partial charge in [-0.3, -0.25) is 0 Å². The Hall–Kier alpha value is 2.51. The van der Waals surface area contributed by atoms with Crippen LogP contribution in [0.15, 0.2) is 0 Å². The van der Waals surface area contributed by atoms with Gasteiger partial charge in [-0.2, -0.15) is 0 Å². The van der Waals surface area contributed by atoms with E-state index in [0.29, 0.717) is 0 Å². The third-order valence-electron chi connectivity index (χ3n) is 0. The topological polar surface area (TPSA) is 156 Å². The number of halogens is 1. The molecule has 0 unspecified atom stereocenters. The monoisotopic (exact) mass is 294 g/mol. The zero-order chi connectivity index (χ0) is 11.0. The Labute approximate surface area is 130 Å². The number of rotatable bonds is 0. The first-order valence-corrected chi connectivity index (χ1v) is 5.83. The summed E-state index contributed by atoms with van der Waals surface area (Å²) in [5.41, 5.74) is 0. The van der Waals surface area contributed by atoms with Crippen molar-refractivity contribution >= 4 is 86.4 Å². The summed E-state index contributed by atoms with van der Waals surface area (Å²) in [4.78, 5) is 43.1. The molecule has 82 valence electrons. The van der Waals surface area contributed by atoms with Crippen LogP contribution in [0.5, 0.6) is 0 Å². The summed E-state index contributed by atoms with van der Waals surface area (Å²) < 4.78 is 17.8. The van der Waals surface area contributed by atoms with E-state index in [4.69, 9.17) is 38.5 Å². The van der Waals surface area contributed by atoms with E-state index in [0.717, 1.165) is 0 Å². The fourth-order valence-corrected chi connectivity index (χ4v) is 0. The summed E-state index contributed by atoms with van der Waals surface area (Å²) in [6.07, 6.45) is 1.47. The Morgan fingerprint density at radius 1 is 0.714 bits per heavy atom. The van der Waals surface area contributed by atoms with Crippen molar-refractivity contribution < 1.29 is 38.5 Å². The number of alkyl halides is 1. The van der Waals surface area contributed by atoms with E-state index in [1.807, 2.05) is 0 Å². The Morgan fingerprint density at radius 2 is 0.714 bits per heavy atom. The van der Waals surface area contributed by atoms with Gasteiger partial charge in [0.1, 0.15) is 0 Å². The second-order valence-electron chi connectivity index (χ2n) is 1.03. The Morgan fingerprint density at radius 3 is 0.714 bits per heavy atom. The van der Waals surface area contributed by atoms with Crippen molar-refractivity contribution in [2.75, 3.05) is 6.38 Å². The van der Waals surface area contributed by atoms with Crippen molar-refractivity contribution in [3.8, 4) is 0 Å². The second-order valence-corrected chi connectivity index (χ2v) is 3.08. The standard InChI is InChI=1S/CH3Cl.2Na.2H3O4P.2H/c1-2;;;2*1-5(2,3)4;;/h1H3;;;2*(H3,1,2,3,4);;. The quantitative estimate of drug-likeness (QED) is 0.165. The van der Waals surface area contributed by atoms with E-state index >= 15 is 0 Å². The van der Waals surface area contributed by atoms with Gasteiger partial charge < -0.3 is 29.4 Å². The van der Waals surface area contributed by atoms with Crippen molar-refractivity contribution in [2.45, 2.75) is 0 Å². The molecule has 0 aliphatic carbocycles. The minimum absolute atomic E-state index is 0. The van der Waals surface area contributed by atoms with Gasteiger partial charge in [-0.15, -0.1) is 11.6 Å². The first-order chi connectivity index (χ1) is 5.00. The van der Waals surface area contributed by atoms with Crippen LogP contribution in [0.2, 0.25) is 0 Å². The second kappa shape index (κ2) is 15.5. The molecule has 0 heterocycles. The summed E-state index contributed by atoms with van der Waals surface area (Å²) in [6.45, 7) is 0. The van der Waals surface area contributed by atoms with Crippen LogP contribution in [0.3, 0.4) is 0 Å². The molecule has 8 nitrogen and oxygen atoms in total. The summed E-state index contributed by atoms with van der Waals surface area (Å²) >= 11 is 4.64. The van der Waals surface area contributed by atoms with E-state index in [2.05, 4.69) is 11.6 Å². The maximum atomic E-state index is 8.88. The molecule has 0 aliphatic rings. The van der Waals surface area contributed by atoms with Gasteiger partial charge in [0.2, 0.25) is 0 Å². The van der Waals surface area contributed by atoms with Crippen molar-refractivity contribution in [1.82, 2.24) is 0 Å². The van der Waals surface area contributed by atoms with Crippen LogP contribution in [0.1, 0.15) is 0 Å². The van der Waals surface area contributed by atoms with Gasteiger partial charge in [-0.25, -0.2) is 9.13 Å². The van der Waals surface area contributed by atoms with E-state index < -0.39 is 15.6 Å². The average Bonchev–Trinajstić information content (AvgIpc) is 1.59. The van der Waals surface area contributed by atoms with Gasteiger partial charge in [0, 0.05) is 6.38 Å². The molecule has 0 bridgehead atoms. The van der Waals surface area contributed by atoms with Gasteiger partial charge in [0.25, 0.3) is 0 Å². The van der Waals surface area contributed by atoms with Crippen LogP contribution < -0.4 is 0 Å². The minimum atomic E-state index is -4.64. The number of hydrogen-bond donors (Lipinski definition) is 6. The molecule has 13 heteroatoms. The van der Waals surface area contributed by atoms with Crippen LogP contribution in [-0.4, -0.2) is 94.9 Å². The molecule has 0 rings (SSSR count). The van der Waals surface area contributed by atoms with Crippen LogP contribution in [0.25, 0.3) is 0 Å². The zero-order valence-corrected chi connectivity index (χ0v) is 8.32. The maximum absolute atomic E-state index is 8.88. The molecule has 0 aromatic rings. The Balaban J connectivity index is -0.0000000292. The summed E-state index contributed by atoms with van der Waals surface area (Å²) in [5, 5.41) is 0. The van der Waals surface area contributed by atoms with Crippen LogP contribution in [0.4, 0.5) is 0 Å². The predicted molar refractivity (Wildman–Crippen MR) is 54.6 cm³/mol. The van der Waals surface area contributed by atoms with Gasteiger partial charge in [0.15, 0.2) is 0 Å². The molecule has 0 aromatic carbocycles. The van der Waals surface area contributed by atoms with Crippen molar-refractivity contribution in [3.05, 3.63) is 0 Å². The molecular formula is CH11ClNa2O8P2. The Bertz CT molecular complexity index is 138. The third kappa shape index (κ3) is 420. The molecule has 14 heavy (non-hydrogen) atoms. The number of phosphoric acid groups is 2. The fraction of sp³-hybridized carbons (Fsp3) is 1.00. The van der Waals surface area contributed by atoms with E-state index in [9.17, 15) is 0 Å². The van der Waals surface area contributed by atoms with Gasteiger partial charge in [-0.05, 0) is 0 Å². The average molecular weight is 294 g/mol. The van der Waals surface area contributed by atoms with E-state index in [-0.39, 0.29) is 59.1 Å². The molecule has 0 amide bonds. The molecule has 0 radical (unpaired) electrons. The summed E-state index contributed by atoms with van der Waals surface area (Å²) in [6, 6.07) is 0. The normalized spacial score (nSPS) is 8.86. The molecule has 0 saturated carbocycles. The molecule has 0 saturated heterocycles. The summed E-state index contributed by atoms with van der Waals surface area (Å²) in [7, 11) is -9.28. The molecule has 0 spiro atoms.